The van der Waals surface area contributed by atoms with Gasteiger partial charge in [0.15, 0.2) is 0 Å². The summed E-state index contributed by atoms with van der Waals surface area (Å²) < 4.78 is 5.00. The third-order valence-electron chi connectivity index (χ3n) is 5.14. The molecular weight excluding hydrogens is 384 g/mol. The maximum absolute atomic E-state index is 11.7. The Labute approximate surface area is 185 Å². The van der Waals surface area contributed by atoms with Crippen molar-refractivity contribution in [3.8, 4) is 11.1 Å². The number of ether oxygens (including phenoxy) is 1. The van der Waals surface area contributed by atoms with Crippen LogP contribution in [0.25, 0.3) is 28.1 Å². The van der Waals surface area contributed by atoms with Gasteiger partial charge in [0.05, 0.1) is 12.1 Å². The first-order chi connectivity index (χ1) is 14.7. The molecule has 2 N–H and O–H groups in total. The highest BCUT2D eigenvalue weighted by Gasteiger charge is 2.20. The topological polar surface area (TPSA) is 65.2 Å². The molecule has 0 saturated carbocycles. The van der Waals surface area contributed by atoms with E-state index in [1.54, 1.807) is 13.0 Å². The normalized spacial score (nSPS) is 11.9. The van der Waals surface area contributed by atoms with Gasteiger partial charge in [-0.3, -0.25) is 4.98 Å². The summed E-state index contributed by atoms with van der Waals surface area (Å²) in [5.41, 5.74) is 13.8. The van der Waals surface area contributed by atoms with Gasteiger partial charge in [-0.2, -0.15) is 0 Å². The average molecular weight is 417 g/mol. The summed E-state index contributed by atoms with van der Waals surface area (Å²) in [6.07, 6.45) is 4.09. The van der Waals surface area contributed by atoms with Crippen molar-refractivity contribution >= 4 is 22.9 Å². The molecular formula is C27H32N2O2. The second-order valence-corrected chi connectivity index (χ2v) is 9.08. The molecule has 0 fully saturated rings. The van der Waals surface area contributed by atoms with Crippen LogP contribution in [0.5, 0.6) is 0 Å². The van der Waals surface area contributed by atoms with Crippen LogP contribution in [-0.2, 0) is 22.5 Å². The molecule has 4 nitrogen and oxygen atoms in total. The Morgan fingerprint density at radius 1 is 1.13 bits per heavy atom. The van der Waals surface area contributed by atoms with E-state index < -0.39 is 0 Å². The summed E-state index contributed by atoms with van der Waals surface area (Å²) in [5, 5.41) is 1.04. The molecule has 0 radical (unpaired) electrons. The lowest BCUT2D eigenvalue weighted by molar-refractivity contribution is -0.137. The maximum Gasteiger partial charge on any atom is 0.330 e. The van der Waals surface area contributed by atoms with E-state index in [9.17, 15) is 4.79 Å². The highest BCUT2D eigenvalue weighted by Crippen LogP contribution is 2.36. The fourth-order valence-electron chi connectivity index (χ4n) is 3.75. The van der Waals surface area contributed by atoms with E-state index in [4.69, 9.17) is 15.5 Å². The molecule has 0 atom stereocenters. The quantitative estimate of drug-likeness (QED) is 0.405. The van der Waals surface area contributed by atoms with E-state index in [-0.39, 0.29) is 11.4 Å². The number of rotatable bonds is 6. The second kappa shape index (κ2) is 9.44. The Balaban J connectivity index is 2.24. The number of aryl methyl sites for hydroxylation is 1. The van der Waals surface area contributed by atoms with Gasteiger partial charge in [-0.1, -0.05) is 56.7 Å². The summed E-state index contributed by atoms with van der Waals surface area (Å²) >= 11 is 0. The van der Waals surface area contributed by atoms with Gasteiger partial charge in [0.1, 0.15) is 0 Å². The number of carbonyl (C=O) groups is 1. The Bertz CT molecular complexity index is 1110. The van der Waals surface area contributed by atoms with E-state index >= 15 is 0 Å². The van der Waals surface area contributed by atoms with Gasteiger partial charge in [0.2, 0.25) is 0 Å². The lowest BCUT2D eigenvalue weighted by atomic mass is 9.85. The molecule has 4 heteroatoms. The van der Waals surface area contributed by atoms with Gasteiger partial charge in [-0.15, -0.1) is 0 Å². The molecule has 2 aromatic carbocycles. The van der Waals surface area contributed by atoms with E-state index in [2.05, 4.69) is 58.0 Å². The van der Waals surface area contributed by atoms with Crippen molar-refractivity contribution in [3.63, 3.8) is 0 Å². The molecule has 0 aliphatic carbocycles. The van der Waals surface area contributed by atoms with E-state index in [0.717, 1.165) is 45.3 Å². The van der Waals surface area contributed by atoms with Crippen molar-refractivity contribution in [1.29, 1.82) is 0 Å². The highest BCUT2D eigenvalue weighted by molar-refractivity contribution is 5.98. The Morgan fingerprint density at radius 3 is 2.45 bits per heavy atom. The molecule has 0 spiro atoms. The number of pyridine rings is 1. The molecule has 31 heavy (non-hydrogen) atoms. The van der Waals surface area contributed by atoms with Gasteiger partial charge in [0, 0.05) is 23.7 Å². The number of nitrogens with two attached hydrogens (primary N) is 1. The third-order valence-corrected chi connectivity index (χ3v) is 5.14. The van der Waals surface area contributed by atoms with Gasteiger partial charge >= 0.3 is 5.97 Å². The molecule has 0 unspecified atom stereocenters. The molecule has 0 bridgehead atoms. The zero-order valence-corrected chi connectivity index (χ0v) is 19.2. The van der Waals surface area contributed by atoms with Crippen molar-refractivity contribution in [2.45, 2.75) is 47.6 Å². The first-order valence-electron chi connectivity index (χ1n) is 10.8. The zero-order chi connectivity index (χ0) is 22.6. The van der Waals surface area contributed by atoms with E-state index in [1.165, 1.54) is 11.6 Å². The fraction of sp³-hybridized carbons (Fsp3) is 0.333. The standard InChI is InChI=1S/C27H32N2O2/c1-6-31-25(30)14-10-19-9-13-23-21(15-19)26(20-11-7-18(2)8-12-20)22(17-28)24(29-23)16-27(3,4)5/h7-15H,6,16-17,28H2,1-5H3/b14-10+. The molecule has 3 rings (SSSR count). The van der Waals surface area contributed by atoms with Crippen LogP contribution in [0.4, 0.5) is 0 Å². The average Bonchev–Trinajstić information content (AvgIpc) is 2.71. The van der Waals surface area contributed by atoms with Gasteiger partial charge in [0.25, 0.3) is 0 Å². The molecule has 3 aromatic rings. The highest BCUT2D eigenvalue weighted by atomic mass is 16.5. The summed E-state index contributed by atoms with van der Waals surface area (Å²) in [5.74, 6) is -0.345. The van der Waals surface area contributed by atoms with Crippen molar-refractivity contribution in [2.24, 2.45) is 11.1 Å². The third kappa shape index (κ3) is 5.59. The molecule has 0 saturated heterocycles. The smallest absolute Gasteiger partial charge is 0.330 e. The number of aromatic nitrogens is 1. The number of hydrogen-bond acceptors (Lipinski definition) is 4. The first-order valence-corrected chi connectivity index (χ1v) is 10.8. The first kappa shape index (κ1) is 22.7. The van der Waals surface area contributed by atoms with Crippen molar-refractivity contribution in [1.82, 2.24) is 4.98 Å². The molecule has 1 heterocycles. The van der Waals surface area contributed by atoms with Gasteiger partial charge < -0.3 is 10.5 Å². The number of fused-ring (bicyclic) bond motifs is 1. The van der Waals surface area contributed by atoms with Crippen LogP contribution >= 0.6 is 0 Å². The molecule has 1 aromatic heterocycles. The predicted octanol–water partition coefficient (Wildman–Crippen LogP) is 5.83. The second-order valence-electron chi connectivity index (χ2n) is 9.08. The molecule has 0 amide bonds. The summed E-state index contributed by atoms with van der Waals surface area (Å²) in [4.78, 5) is 16.7. The van der Waals surface area contributed by atoms with Crippen LogP contribution in [-0.4, -0.2) is 17.6 Å². The van der Waals surface area contributed by atoms with Crippen LogP contribution in [0.2, 0.25) is 0 Å². The van der Waals surface area contributed by atoms with Crippen LogP contribution < -0.4 is 5.73 Å². The summed E-state index contributed by atoms with van der Waals surface area (Å²) in [7, 11) is 0. The van der Waals surface area contributed by atoms with Crippen LogP contribution in [0.3, 0.4) is 0 Å². The number of carbonyl (C=O) groups excluding carboxylic acids is 1. The Hall–Kier alpha value is -2.98. The minimum atomic E-state index is -0.345. The van der Waals surface area contributed by atoms with E-state index in [1.807, 2.05) is 12.1 Å². The lowest BCUT2D eigenvalue weighted by Gasteiger charge is -2.23. The number of hydrogen-bond donors (Lipinski definition) is 1. The van der Waals surface area contributed by atoms with Crippen LogP contribution in [0.15, 0.2) is 48.5 Å². The van der Waals surface area contributed by atoms with Crippen LogP contribution in [0, 0.1) is 12.3 Å². The maximum atomic E-state index is 11.7. The lowest BCUT2D eigenvalue weighted by Crippen LogP contribution is -2.15. The predicted molar refractivity (Wildman–Crippen MR) is 129 cm³/mol. The summed E-state index contributed by atoms with van der Waals surface area (Å²) in [6, 6.07) is 14.6. The SMILES string of the molecule is CCOC(=O)/C=C/c1ccc2nc(CC(C)(C)C)c(CN)c(-c3ccc(C)cc3)c2c1. The van der Waals surface area contributed by atoms with Gasteiger partial charge in [-0.05, 0) is 66.1 Å². The zero-order valence-electron chi connectivity index (χ0n) is 19.2. The molecule has 0 aliphatic heterocycles. The fourth-order valence-corrected chi connectivity index (χ4v) is 3.75. The van der Waals surface area contributed by atoms with Crippen molar-refractivity contribution in [3.05, 3.63) is 70.9 Å². The number of esters is 1. The van der Waals surface area contributed by atoms with Gasteiger partial charge in [-0.25, -0.2) is 4.79 Å². The minimum absolute atomic E-state index is 0.0947. The Kier molecular flexibility index (Phi) is 6.91. The number of nitrogens with zero attached hydrogens (tertiary/aromatic N) is 1. The van der Waals surface area contributed by atoms with Crippen molar-refractivity contribution in [2.75, 3.05) is 6.61 Å². The van der Waals surface area contributed by atoms with E-state index in [0.29, 0.717) is 13.2 Å². The Morgan fingerprint density at radius 2 is 1.84 bits per heavy atom. The largest absolute Gasteiger partial charge is 0.463 e. The monoisotopic (exact) mass is 416 g/mol. The molecule has 162 valence electrons. The number of benzene rings is 2. The minimum Gasteiger partial charge on any atom is -0.463 e. The van der Waals surface area contributed by atoms with Crippen molar-refractivity contribution < 1.29 is 9.53 Å². The van der Waals surface area contributed by atoms with Crippen LogP contribution in [0.1, 0.15) is 50.1 Å². The summed E-state index contributed by atoms with van der Waals surface area (Å²) in [6.45, 7) is 11.3. The molecule has 0 aliphatic rings.